The molecule has 3 aromatic carbocycles. The lowest BCUT2D eigenvalue weighted by Gasteiger charge is -2.23. The number of aliphatic carboxylic acids is 1. The molecule has 4 rings (SSSR count). The third-order valence-electron chi connectivity index (χ3n) is 5.11. The molecule has 7 heteroatoms. The number of ether oxygens (including phenoxy) is 1. The zero-order valence-corrected chi connectivity index (χ0v) is 19.4. The Morgan fingerprint density at radius 1 is 1.09 bits per heavy atom. The summed E-state index contributed by atoms with van der Waals surface area (Å²) in [4.78, 5) is 26.7. The van der Waals surface area contributed by atoms with Crippen LogP contribution in [-0.2, 0) is 16.2 Å². The molecule has 1 N–H and O–H groups in total. The summed E-state index contributed by atoms with van der Waals surface area (Å²) in [6.07, 6.45) is 1.71. The molecule has 1 fully saturated rings. The van der Waals surface area contributed by atoms with Gasteiger partial charge in [-0.05, 0) is 41.8 Å². The lowest BCUT2D eigenvalue weighted by molar-refractivity contribution is -0.145. The first-order chi connectivity index (χ1) is 15.9. The van der Waals surface area contributed by atoms with Crippen LogP contribution in [0.4, 0.5) is 0 Å². The van der Waals surface area contributed by atoms with Crippen LogP contribution in [0.15, 0.2) is 83.8 Å². The average Bonchev–Trinajstić information content (AvgIpc) is 3.07. The minimum atomic E-state index is -1.17. The van der Waals surface area contributed by atoms with E-state index < -0.39 is 17.9 Å². The molecule has 33 heavy (non-hydrogen) atoms. The van der Waals surface area contributed by atoms with Gasteiger partial charge in [-0.3, -0.25) is 9.69 Å². The zero-order valence-electron chi connectivity index (χ0n) is 17.8. The number of thiocarbonyl (C=S) groups is 1. The number of benzene rings is 3. The number of hydrogen-bond donors (Lipinski definition) is 1. The van der Waals surface area contributed by atoms with Crippen molar-refractivity contribution in [2.24, 2.45) is 0 Å². The van der Waals surface area contributed by atoms with Crippen molar-refractivity contribution >= 4 is 46.3 Å². The van der Waals surface area contributed by atoms with Gasteiger partial charge in [-0.25, -0.2) is 4.79 Å². The molecule has 166 valence electrons. The number of thioether (sulfide) groups is 1. The number of carbonyl (C=O) groups is 2. The molecule has 0 saturated carbocycles. The summed E-state index contributed by atoms with van der Waals surface area (Å²) in [6, 6.07) is 23.0. The molecule has 1 heterocycles. The normalized spacial score (nSPS) is 15.7. The predicted octanol–water partition coefficient (Wildman–Crippen LogP) is 5.60. The Labute approximate surface area is 201 Å². The second-order valence-corrected chi connectivity index (χ2v) is 9.23. The van der Waals surface area contributed by atoms with Gasteiger partial charge in [0.25, 0.3) is 5.91 Å². The van der Waals surface area contributed by atoms with Crippen LogP contribution >= 0.6 is 24.0 Å². The average molecular weight is 476 g/mol. The van der Waals surface area contributed by atoms with Crippen molar-refractivity contribution < 1.29 is 19.4 Å². The highest BCUT2D eigenvalue weighted by Gasteiger charge is 2.41. The Morgan fingerprint density at radius 2 is 1.82 bits per heavy atom. The first-order valence-corrected chi connectivity index (χ1v) is 11.5. The molecule has 1 atom stereocenters. The monoisotopic (exact) mass is 475 g/mol. The number of rotatable bonds is 7. The van der Waals surface area contributed by atoms with E-state index in [0.29, 0.717) is 22.8 Å². The fourth-order valence-corrected chi connectivity index (χ4v) is 4.75. The van der Waals surface area contributed by atoms with Gasteiger partial charge in [0.15, 0.2) is 6.04 Å². The molecule has 0 spiro atoms. The van der Waals surface area contributed by atoms with Crippen molar-refractivity contribution in [1.29, 1.82) is 0 Å². The Bertz CT molecular complexity index is 1220. The van der Waals surface area contributed by atoms with E-state index >= 15 is 0 Å². The summed E-state index contributed by atoms with van der Waals surface area (Å²) < 4.78 is 6.12. The molecule has 0 unspecified atom stereocenters. The van der Waals surface area contributed by atoms with Gasteiger partial charge in [0.05, 0.1) is 4.91 Å². The molecule has 1 saturated heterocycles. The van der Waals surface area contributed by atoms with Crippen LogP contribution in [0, 0.1) is 6.92 Å². The lowest BCUT2D eigenvalue weighted by atomic mass is 10.1. The zero-order chi connectivity index (χ0) is 23.4. The maximum absolute atomic E-state index is 13.1. The number of amides is 1. The Kier molecular flexibility index (Phi) is 6.91. The molecule has 0 aliphatic carbocycles. The van der Waals surface area contributed by atoms with E-state index in [1.54, 1.807) is 36.4 Å². The van der Waals surface area contributed by atoms with E-state index in [4.69, 9.17) is 17.0 Å². The van der Waals surface area contributed by atoms with Gasteiger partial charge in [-0.1, -0.05) is 96.3 Å². The third-order valence-corrected chi connectivity index (χ3v) is 6.44. The molecular weight excluding hydrogens is 454 g/mol. The molecule has 1 aliphatic rings. The summed E-state index contributed by atoms with van der Waals surface area (Å²) in [5.41, 5.74) is 3.51. The quantitative estimate of drug-likeness (QED) is 0.354. The van der Waals surface area contributed by atoms with Crippen molar-refractivity contribution in [2.75, 3.05) is 0 Å². The first kappa shape index (κ1) is 22.8. The van der Waals surface area contributed by atoms with E-state index in [-0.39, 0.29) is 4.32 Å². The van der Waals surface area contributed by atoms with Crippen LogP contribution in [0.25, 0.3) is 6.08 Å². The van der Waals surface area contributed by atoms with Crippen LogP contribution < -0.4 is 4.74 Å². The first-order valence-electron chi connectivity index (χ1n) is 10.3. The molecule has 0 radical (unpaired) electrons. The van der Waals surface area contributed by atoms with Crippen molar-refractivity contribution in [3.63, 3.8) is 0 Å². The maximum Gasteiger partial charge on any atom is 0.331 e. The Morgan fingerprint density at radius 3 is 2.52 bits per heavy atom. The smallest absolute Gasteiger partial charge is 0.331 e. The molecule has 5 nitrogen and oxygen atoms in total. The number of carboxylic acids is 1. The van der Waals surface area contributed by atoms with Crippen LogP contribution in [-0.4, -0.2) is 26.2 Å². The van der Waals surface area contributed by atoms with E-state index in [9.17, 15) is 14.7 Å². The fourth-order valence-electron chi connectivity index (χ4n) is 3.44. The summed E-state index contributed by atoms with van der Waals surface area (Å²) in [5.74, 6) is -0.884. The molecule has 0 bridgehead atoms. The van der Waals surface area contributed by atoms with Gasteiger partial charge in [-0.2, -0.15) is 0 Å². The van der Waals surface area contributed by atoms with Crippen LogP contribution in [0.1, 0.15) is 28.3 Å². The standard InChI is InChI=1S/C26H21NO4S2/c1-17-10-12-18(13-11-17)16-31-21-9-5-6-19(14-21)15-22-24(28)27(26(32)33-22)23(25(29)30)20-7-3-2-4-8-20/h2-15,23H,16H2,1H3,(H,29,30)/b22-15-/t23-/m0/s1. The van der Waals surface area contributed by atoms with Gasteiger partial charge in [0.2, 0.25) is 0 Å². The van der Waals surface area contributed by atoms with Crippen molar-refractivity contribution in [1.82, 2.24) is 4.90 Å². The number of carbonyl (C=O) groups excluding carboxylic acids is 1. The lowest BCUT2D eigenvalue weighted by Crippen LogP contribution is -2.37. The van der Waals surface area contributed by atoms with Gasteiger partial charge in [0.1, 0.15) is 16.7 Å². The summed E-state index contributed by atoms with van der Waals surface area (Å²) >= 11 is 6.48. The van der Waals surface area contributed by atoms with E-state index in [1.807, 2.05) is 55.5 Å². The predicted molar refractivity (Wildman–Crippen MR) is 134 cm³/mol. The van der Waals surface area contributed by atoms with E-state index in [1.165, 1.54) is 10.5 Å². The van der Waals surface area contributed by atoms with Gasteiger partial charge < -0.3 is 9.84 Å². The second kappa shape index (κ2) is 10.0. The SMILES string of the molecule is Cc1ccc(COc2cccc(/C=C3\SC(=S)N([C@H](C(=O)O)c4ccccc4)C3=O)c2)cc1. The summed E-state index contributed by atoms with van der Waals surface area (Å²) in [6.45, 7) is 2.47. The van der Waals surface area contributed by atoms with Crippen molar-refractivity contribution in [3.05, 3.63) is 106 Å². The highest BCUT2D eigenvalue weighted by molar-refractivity contribution is 8.26. The highest BCUT2D eigenvalue weighted by Crippen LogP contribution is 2.38. The Hall–Kier alpha value is -3.42. The largest absolute Gasteiger partial charge is 0.489 e. The van der Waals surface area contributed by atoms with Crippen LogP contribution in [0.2, 0.25) is 0 Å². The minimum Gasteiger partial charge on any atom is -0.489 e. The van der Waals surface area contributed by atoms with E-state index in [2.05, 4.69) is 0 Å². The summed E-state index contributed by atoms with van der Waals surface area (Å²) in [7, 11) is 0. The van der Waals surface area contributed by atoms with Gasteiger partial charge >= 0.3 is 5.97 Å². The number of nitrogens with zero attached hydrogens (tertiary/aromatic N) is 1. The van der Waals surface area contributed by atoms with E-state index in [0.717, 1.165) is 22.9 Å². The van der Waals surface area contributed by atoms with Crippen molar-refractivity contribution in [3.8, 4) is 5.75 Å². The number of hydrogen-bond acceptors (Lipinski definition) is 5. The minimum absolute atomic E-state index is 0.217. The van der Waals surface area contributed by atoms with Gasteiger partial charge in [0, 0.05) is 0 Å². The molecular formula is C26H21NO4S2. The molecule has 1 aliphatic heterocycles. The number of aryl methyl sites for hydroxylation is 1. The van der Waals surface area contributed by atoms with Crippen LogP contribution in [0.5, 0.6) is 5.75 Å². The van der Waals surface area contributed by atoms with Crippen LogP contribution in [0.3, 0.4) is 0 Å². The van der Waals surface area contributed by atoms with Gasteiger partial charge in [-0.15, -0.1) is 0 Å². The highest BCUT2D eigenvalue weighted by atomic mass is 32.2. The topological polar surface area (TPSA) is 66.8 Å². The number of carboxylic acid groups (broad SMARTS) is 1. The Balaban J connectivity index is 1.53. The third kappa shape index (κ3) is 5.32. The molecule has 0 aromatic heterocycles. The fraction of sp³-hybridized carbons (Fsp3) is 0.115. The maximum atomic E-state index is 13.1. The molecule has 3 aromatic rings. The molecule has 1 amide bonds. The second-order valence-electron chi connectivity index (χ2n) is 7.55. The summed E-state index contributed by atoms with van der Waals surface area (Å²) in [5, 5.41) is 9.80. The van der Waals surface area contributed by atoms with Crippen molar-refractivity contribution in [2.45, 2.75) is 19.6 Å².